The van der Waals surface area contributed by atoms with Crippen molar-refractivity contribution in [1.82, 2.24) is 0 Å². The summed E-state index contributed by atoms with van der Waals surface area (Å²) in [4.78, 5) is 0. The maximum Gasteiger partial charge on any atom is 0.169 e. The van der Waals surface area contributed by atoms with E-state index in [9.17, 15) is 20.8 Å². The second kappa shape index (κ2) is 12.2. The predicted octanol–water partition coefficient (Wildman–Crippen LogP) is 4.76. The van der Waals surface area contributed by atoms with E-state index < -0.39 is 32.0 Å². The molecular formula is C24H18Cl4N4O4. The first-order valence-corrected chi connectivity index (χ1v) is 12.0. The van der Waals surface area contributed by atoms with Gasteiger partial charge in [-0.2, -0.15) is 21.0 Å². The highest BCUT2D eigenvalue weighted by atomic mass is 35.5. The molecule has 0 amide bonds. The van der Waals surface area contributed by atoms with Gasteiger partial charge < -0.3 is 10.4 Å². The fourth-order valence-corrected chi connectivity index (χ4v) is 4.87. The monoisotopic (exact) mass is 566 g/mol. The fourth-order valence-electron chi connectivity index (χ4n) is 3.66. The maximum absolute atomic E-state index is 11.7. The van der Waals surface area contributed by atoms with E-state index in [2.05, 4.69) is 0 Å². The third-order valence-corrected chi connectivity index (χ3v) is 7.72. The molecule has 0 aliphatic heterocycles. The summed E-state index contributed by atoms with van der Waals surface area (Å²) in [6.07, 6.45) is 0. The van der Waals surface area contributed by atoms with Crippen LogP contribution in [0, 0.1) is 33.1 Å². The van der Waals surface area contributed by atoms with Gasteiger partial charge in [-0.1, -0.05) is 36.4 Å². The van der Waals surface area contributed by atoms with Crippen molar-refractivity contribution in [3.63, 3.8) is 0 Å². The molecule has 0 aromatic heterocycles. The van der Waals surface area contributed by atoms with Crippen LogP contribution >= 0.6 is 46.4 Å². The summed E-state index contributed by atoms with van der Waals surface area (Å²) in [7, 11) is 0. The third kappa shape index (κ3) is 6.09. The van der Waals surface area contributed by atoms with Crippen LogP contribution in [0.2, 0.25) is 0 Å². The number of nitrogens with zero attached hydrogens (tertiary/aromatic N) is 2. The lowest BCUT2D eigenvalue weighted by atomic mass is 9.96. The first kappa shape index (κ1) is 28.1. The molecule has 0 spiro atoms. The van der Waals surface area contributed by atoms with Gasteiger partial charge in [0.25, 0.3) is 0 Å². The molecule has 3 aromatic carbocycles. The van der Waals surface area contributed by atoms with Gasteiger partial charge in [-0.15, -0.1) is 46.4 Å². The Balaban J connectivity index is 1.92. The number of quaternary nitrogens is 2. The molecule has 0 saturated carbocycles. The Hall–Kier alpha value is -2.44. The van der Waals surface area contributed by atoms with Crippen molar-refractivity contribution in [2.75, 3.05) is 0 Å². The predicted molar refractivity (Wildman–Crippen MR) is 135 cm³/mol. The van der Waals surface area contributed by atoms with Crippen molar-refractivity contribution in [3.8, 4) is 12.1 Å². The van der Waals surface area contributed by atoms with E-state index in [-0.39, 0.29) is 33.6 Å². The molecule has 8 nitrogen and oxygen atoms in total. The van der Waals surface area contributed by atoms with Crippen LogP contribution in [0.15, 0.2) is 60.7 Å². The molecule has 0 bridgehead atoms. The number of benzene rings is 3. The van der Waals surface area contributed by atoms with E-state index in [4.69, 9.17) is 56.9 Å². The van der Waals surface area contributed by atoms with Crippen molar-refractivity contribution in [2.24, 2.45) is 0 Å². The summed E-state index contributed by atoms with van der Waals surface area (Å²) >= 11 is 26.4. The first-order valence-electron chi connectivity index (χ1n) is 10.3. The van der Waals surface area contributed by atoms with Gasteiger partial charge in [0, 0.05) is 23.3 Å². The number of hydrogen-bond acceptors (Lipinski definition) is 6. The summed E-state index contributed by atoms with van der Waals surface area (Å²) in [5.41, 5.74) is 1.64. The molecule has 0 aliphatic rings. The van der Waals surface area contributed by atoms with E-state index >= 15 is 0 Å². The lowest BCUT2D eigenvalue weighted by molar-refractivity contribution is -0.991. The minimum atomic E-state index is -1.24. The lowest BCUT2D eigenvalue weighted by Crippen LogP contribution is -2.99. The molecule has 0 fully saturated rings. The smallest absolute Gasteiger partial charge is 0.169 e. The van der Waals surface area contributed by atoms with Crippen LogP contribution in [0.1, 0.15) is 54.9 Å². The first-order chi connectivity index (χ1) is 17.1. The zero-order chi connectivity index (χ0) is 26.6. The number of nitriles is 2. The zero-order valence-electron chi connectivity index (χ0n) is 18.2. The SMILES string of the molecule is N#Cc1ccc([C@@H](Cl)[C@H](Cl)c2cccc([C@H](Cl)[C@H](Cl)c3ccc(C#N)cc3[NH+]([O-])O)c2)c([NH+]([O-])O)c1. The van der Waals surface area contributed by atoms with Crippen molar-refractivity contribution in [2.45, 2.75) is 21.5 Å². The fraction of sp³-hybridized carbons (Fsp3) is 0.167. The van der Waals surface area contributed by atoms with Crippen molar-refractivity contribution in [1.29, 1.82) is 10.5 Å². The topological polar surface area (TPSA) is 143 Å². The summed E-state index contributed by atoms with van der Waals surface area (Å²) in [6.45, 7) is 0. The molecule has 36 heavy (non-hydrogen) atoms. The second-order valence-electron chi connectivity index (χ2n) is 7.72. The van der Waals surface area contributed by atoms with E-state index in [1.807, 2.05) is 12.1 Å². The third-order valence-electron chi connectivity index (χ3n) is 5.48. The highest BCUT2D eigenvalue weighted by molar-refractivity contribution is 6.31. The zero-order valence-corrected chi connectivity index (χ0v) is 21.2. The molecule has 2 unspecified atom stereocenters. The van der Waals surface area contributed by atoms with Crippen LogP contribution in [-0.2, 0) is 0 Å². The molecule has 3 rings (SSSR count). The van der Waals surface area contributed by atoms with Crippen LogP contribution in [0.5, 0.6) is 0 Å². The largest absolute Gasteiger partial charge is 0.595 e. The summed E-state index contributed by atoms with van der Waals surface area (Å²) < 4.78 is 0. The molecule has 0 saturated heterocycles. The standard InChI is InChI=1S/C24H18Cl4N4O4/c25-21(23(27)17-6-4-13(11-29)8-19(17)31(33)34)15-2-1-3-16(10-15)22(26)24(28)18-7-5-14(12-30)9-20(18)32(35)36/h1-10,21-24,31-33,35H/t21-,22+,23-,24-/m1/s1. The molecule has 3 aromatic rings. The number of nitrogens with one attached hydrogen (secondary N) is 2. The van der Waals surface area contributed by atoms with Gasteiger partial charge >= 0.3 is 0 Å². The molecule has 4 N–H and O–H groups in total. The Kier molecular flexibility index (Phi) is 9.53. The highest BCUT2D eigenvalue weighted by Gasteiger charge is 2.29. The van der Waals surface area contributed by atoms with Crippen molar-refractivity contribution < 1.29 is 20.9 Å². The molecule has 0 aliphatic carbocycles. The van der Waals surface area contributed by atoms with Crippen LogP contribution in [0.3, 0.4) is 0 Å². The van der Waals surface area contributed by atoms with Gasteiger partial charge in [-0.25, -0.2) is 10.4 Å². The van der Waals surface area contributed by atoms with Crippen LogP contribution in [-0.4, -0.2) is 10.4 Å². The molecule has 0 radical (unpaired) electrons. The molecule has 6 atom stereocenters. The van der Waals surface area contributed by atoms with Gasteiger partial charge in [0.2, 0.25) is 0 Å². The molecule has 0 heterocycles. The number of halogens is 4. The summed E-state index contributed by atoms with van der Waals surface area (Å²) in [6, 6.07) is 18.8. The quantitative estimate of drug-likeness (QED) is 0.228. The Morgan fingerprint density at radius 3 is 1.36 bits per heavy atom. The Morgan fingerprint density at radius 1 is 0.639 bits per heavy atom. The minimum absolute atomic E-state index is 0.131. The summed E-state index contributed by atoms with van der Waals surface area (Å²) in [5.74, 6) is 0. The van der Waals surface area contributed by atoms with Gasteiger partial charge in [0.1, 0.15) is 0 Å². The van der Waals surface area contributed by atoms with Crippen molar-refractivity contribution >= 4 is 57.8 Å². The molecule has 186 valence electrons. The average Bonchev–Trinajstić information content (AvgIpc) is 2.90. The minimum Gasteiger partial charge on any atom is -0.595 e. The van der Waals surface area contributed by atoms with Crippen molar-refractivity contribution in [3.05, 3.63) is 104 Å². The normalized spacial score (nSPS) is 16.2. The van der Waals surface area contributed by atoms with E-state index in [0.29, 0.717) is 11.1 Å². The van der Waals surface area contributed by atoms with E-state index in [0.717, 1.165) is 0 Å². The van der Waals surface area contributed by atoms with Gasteiger partial charge in [-0.3, -0.25) is 0 Å². The average molecular weight is 568 g/mol. The highest BCUT2D eigenvalue weighted by Crippen LogP contribution is 2.45. The van der Waals surface area contributed by atoms with Crippen LogP contribution < -0.4 is 10.5 Å². The number of alkyl halides is 4. The molecule has 12 heteroatoms. The number of hydrogen-bond donors (Lipinski definition) is 4. The van der Waals surface area contributed by atoms with Crippen LogP contribution in [0.25, 0.3) is 0 Å². The number of rotatable bonds is 8. The Labute approximate surface area is 226 Å². The second-order valence-corrected chi connectivity index (χ2v) is 9.60. The van der Waals surface area contributed by atoms with E-state index in [1.54, 1.807) is 24.3 Å². The van der Waals surface area contributed by atoms with Gasteiger partial charge in [0.15, 0.2) is 11.4 Å². The maximum atomic E-state index is 11.7. The lowest BCUT2D eigenvalue weighted by Gasteiger charge is -2.24. The van der Waals surface area contributed by atoms with Gasteiger partial charge in [0.05, 0.1) is 44.8 Å². The molecular weight excluding hydrogens is 550 g/mol. The Morgan fingerprint density at radius 2 is 1.03 bits per heavy atom. The van der Waals surface area contributed by atoms with Crippen LogP contribution in [0.4, 0.5) is 11.4 Å². The summed E-state index contributed by atoms with van der Waals surface area (Å²) in [5, 5.41) is 54.6. The van der Waals surface area contributed by atoms with E-state index in [1.165, 1.54) is 36.4 Å². The Bertz CT molecular complexity index is 1230. The van der Waals surface area contributed by atoms with Gasteiger partial charge in [-0.05, 0) is 23.3 Å².